The van der Waals surface area contributed by atoms with E-state index in [1.807, 2.05) is 0 Å². The standard InChI is InChI=1S/C19H30NO.Li/c1-4-6-13-18(14-7-5-2)20-19(16-21-3)15-17-11-9-8-10-12-17;/h8-13,19H,4-7,14-16H2,1-3H3;/q-1;+1/b18-13+;/t19-;/m1./s1. The van der Waals surface area contributed by atoms with Crippen molar-refractivity contribution in [3.63, 3.8) is 0 Å². The van der Waals surface area contributed by atoms with Crippen LogP contribution in [0, 0.1) is 0 Å². The summed E-state index contributed by atoms with van der Waals surface area (Å²) in [5.74, 6) is 0. The van der Waals surface area contributed by atoms with E-state index in [2.05, 4.69) is 50.3 Å². The van der Waals surface area contributed by atoms with Crippen molar-refractivity contribution < 1.29 is 23.6 Å². The number of rotatable bonds is 11. The molecule has 0 bridgehead atoms. The van der Waals surface area contributed by atoms with Gasteiger partial charge in [-0.3, -0.25) is 0 Å². The maximum atomic E-state index is 5.37. The van der Waals surface area contributed by atoms with Crippen molar-refractivity contribution >= 4 is 0 Å². The fourth-order valence-corrected chi connectivity index (χ4v) is 2.34. The van der Waals surface area contributed by atoms with Crippen LogP contribution in [0.1, 0.15) is 51.5 Å². The molecule has 0 spiro atoms. The van der Waals surface area contributed by atoms with Crippen molar-refractivity contribution in [2.75, 3.05) is 13.7 Å². The molecule has 0 saturated carbocycles. The van der Waals surface area contributed by atoms with Crippen LogP contribution in [-0.4, -0.2) is 19.8 Å². The van der Waals surface area contributed by atoms with Gasteiger partial charge < -0.3 is 10.1 Å². The largest absolute Gasteiger partial charge is 1.00 e. The van der Waals surface area contributed by atoms with Gasteiger partial charge in [0.15, 0.2) is 0 Å². The molecule has 1 aromatic rings. The van der Waals surface area contributed by atoms with Gasteiger partial charge in [-0.25, -0.2) is 0 Å². The first-order chi connectivity index (χ1) is 10.3. The zero-order valence-corrected chi connectivity index (χ0v) is 14.8. The minimum absolute atomic E-state index is 0. The molecule has 1 aromatic carbocycles. The van der Waals surface area contributed by atoms with Gasteiger partial charge in [0.25, 0.3) is 0 Å². The molecule has 1 rings (SSSR count). The zero-order chi connectivity index (χ0) is 15.3. The molecule has 2 nitrogen and oxygen atoms in total. The summed E-state index contributed by atoms with van der Waals surface area (Å²) in [7, 11) is 1.76. The third-order valence-electron chi connectivity index (χ3n) is 3.48. The fraction of sp³-hybridized carbons (Fsp3) is 0.579. The van der Waals surface area contributed by atoms with E-state index < -0.39 is 0 Å². The summed E-state index contributed by atoms with van der Waals surface area (Å²) in [5, 5.41) is 4.97. The van der Waals surface area contributed by atoms with Crippen molar-refractivity contribution in [2.24, 2.45) is 0 Å². The number of hydrogen-bond donors (Lipinski definition) is 0. The van der Waals surface area contributed by atoms with Crippen molar-refractivity contribution in [1.29, 1.82) is 0 Å². The Bertz CT molecular complexity index is 392. The van der Waals surface area contributed by atoms with E-state index in [1.165, 1.54) is 30.5 Å². The van der Waals surface area contributed by atoms with Crippen molar-refractivity contribution in [3.05, 3.63) is 53.0 Å². The van der Waals surface area contributed by atoms with Crippen LogP contribution < -0.4 is 18.9 Å². The summed E-state index contributed by atoms with van der Waals surface area (Å²) in [5.41, 5.74) is 2.59. The van der Waals surface area contributed by atoms with E-state index in [-0.39, 0.29) is 24.9 Å². The molecule has 118 valence electrons. The molecule has 0 radical (unpaired) electrons. The molecule has 0 saturated heterocycles. The molecule has 0 aliphatic carbocycles. The number of methoxy groups -OCH3 is 1. The summed E-state index contributed by atoms with van der Waals surface area (Å²) in [6.45, 7) is 5.13. The van der Waals surface area contributed by atoms with E-state index in [9.17, 15) is 0 Å². The zero-order valence-electron chi connectivity index (χ0n) is 14.8. The molecule has 0 N–H and O–H groups in total. The van der Waals surface area contributed by atoms with Gasteiger partial charge in [0, 0.05) is 13.7 Å². The Morgan fingerprint density at radius 2 is 1.91 bits per heavy atom. The molecule has 22 heavy (non-hydrogen) atoms. The summed E-state index contributed by atoms with van der Waals surface area (Å²) in [6, 6.07) is 10.8. The van der Waals surface area contributed by atoms with Crippen LogP contribution in [0.15, 0.2) is 42.1 Å². The number of benzene rings is 1. The molecule has 0 unspecified atom stereocenters. The van der Waals surface area contributed by atoms with Crippen LogP contribution in [0.5, 0.6) is 0 Å². The molecule has 0 aromatic heterocycles. The Balaban J connectivity index is 0.00000441. The first kappa shape index (κ1) is 21.3. The minimum atomic E-state index is 0. The van der Waals surface area contributed by atoms with E-state index in [0.717, 1.165) is 19.3 Å². The van der Waals surface area contributed by atoms with E-state index in [1.54, 1.807) is 7.11 Å². The Kier molecular flexibility index (Phi) is 13.5. The topological polar surface area (TPSA) is 23.3 Å². The van der Waals surface area contributed by atoms with Gasteiger partial charge in [-0.1, -0.05) is 69.5 Å². The Labute approximate surface area is 148 Å². The molecule has 0 amide bonds. The number of ether oxygens (including phenoxy) is 1. The fourth-order valence-electron chi connectivity index (χ4n) is 2.34. The smallest absolute Gasteiger partial charge is 0.683 e. The normalized spacial score (nSPS) is 12.6. The molecular formula is C19H30LiNO. The number of allylic oxidation sites excluding steroid dienone is 2. The SMILES string of the molecule is CCC/C=C(\CCCC)[N-][C@@H](COC)Cc1ccccc1.[Li+]. The van der Waals surface area contributed by atoms with Gasteiger partial charge in [0.2, 0.25) is 0 Å². The van der Waals surface area contributed by atoms with Gasteiger partial charge in [-0.2, -0.15) is 5.70 Å². The van der Waals surface area contributed by atoms with Crippen LogP contribution in [0.4, 0.5) is 0 Å². The van der Waals surface area contributed by atoms with E-state index >= 15 is 0 Å². The Hall–Kier alpha value is -0.683. The average molecular weight is 295 g/mol. The van der Waals surface area contributed by atoms with Crippen LogP contribution in [0.2, 0.25) is 0 Å². The first-order valence-electron chi connectivity index (χ1n) is 8.22. The van der Waals surface area contributed by atoms with Crippen molar-refractivity contribution in [2.45, 2.75) is 58.4 Å². The molecule has 0 aliphatic rings. The second-order valence-electron chi connectivity index (χ2n) is 5.52. The molecule has 1 atom stereocenters. The van der Waals surface area contributed by atoms with E-state index in [4.69, 9.17) is 10.1 Å². The quantitative estimate of drug-likeness (QED) is 0.575. The van der Waals surface area contributed by atoms with Crippen molar-refractivity contribution in [3.8, 4) is 0 Å². The average Bonchev–Trinajstić information content (AvgIpc) is 2.51. The van der Waals surface area contributed by atoms with Gasteiger partial charge >= 0.3 is 18.9 Å². The Morgan fingerprint density at radius 1 is 1.18 bits per heavy atom. The number of unbranched alkanes of at least 4 members (excludes halogenated alkanes) is 2. The number of hydrogen-bond acceptors (Lipinski definition) is 1. The second kappa shape index (κ2) is 13.9. The number of nitrogens with zero attached hydrogens (tertiary/aromatic N) is 1. The molecule has 0 aliphatic heterocycles. The summed E-state index contributed by atoms with van der Waals surface area (Å²) in [6.07, 6.45) is 9.07. The van der Waals surface area contributed by atoms with Crippen LogP contribution in [0.25, 0.3) is 5.32 Å². The maximum Gasteiger partial charge on any atom is 1.00 e. The summed E-state index contributed by atoms with van der Waals surface area (Å²) < 4.78 is 5.37. The minimum Gasteiger partial charge on any atom is -0.683 e. The maximum absolute atomic E-state index is 5.37. The van der Waals surface area contributed by atoms with E-state index in [0.29, 0.717) is 6.61 Å². The van der Waals surface area contributed by atoms with Crippen LogP contribution in [0.3, 0.4) is 0 Å². The third-order valence-corrected chi connectivity index (χ3v) is 3.48. The van der Waals surface area contributed by atoms with Gasteiger partial charge in [0.05, 0.1) is 0 Å². The second-order valence-corrected chi connectivity index (χ2v) is 5.52. The first-order valence-corrected chi connectivity index (χ1v) is 8.22. The molecule has 3 heteroatoms. The molecule has 0 fully saturated rings. The molecular weight excluding hydrogens is 265 g/mol. The van der Waals surface area contributed by atoms with Gasteiger partial charge in [-0.15, -0.1) is 6.08 Å². The Morgan fingerprint density at radius 3 is 2.50 bits per heavy atom. The summed E-state index contributed by atoms with van der Waals surface area (Å²) >= 11 is 0. The van der Waals surface area contributed by atoms with Crippen LogP contribution in [-0.2, 0) is 11.2 Å². The predicted molar refractivity (Wildman–Crippen MR) is 91.7 cm³/mol. The summed E-state index contributed by atoms with van der Waals surface area (Å²) in [4.78, 5) is 0. The van der Waals surface area contributed by atoms with Gasteiger partial charge in [-0.05, 0) is 24.8 Å². The monoisotopic (exact) mass is 295 g/mol. The van der Waals surface area contributed by atoms with Crippen molar-refractivity contribution in [1.82, 2.24) is 0 Å². The van der Waals surface area contributed by atoms with Crippen LogP contribution >= 0.6 is 0 Å². The third kappa shape index (κ3) is 9.36. The predicted octanol–water partition coefficient (Wildman–Crippen LogP) is 2.50. The van der Waals surface area contributed by atoms with Gasteiger partial charge in [0.1, 0.15) is 0 Å². The molecule has 0 heterocycles.